The standard InChI is InChI=1S/C10H13NO4S/c11-16(13,14)8-3-4-10(9(12)5-8)15-6-7-1-2-7/h3-5,7,12H,1-2,6H2,(H2,11,13,14). The lowest BCUT2D eigenvalue weighted by atomic mass is 10.3. The summed E-state index contributed by atoms with van der Waals surface area (Å²) >= 11 is 0. The van der Waals surface area contributed by atoms with Gasteiger partial charge in [0.25, 0.3) is 0 Å². The van der Waals surface area contributed by atoms with E-state index in [0.717, 1.165) is 18.9 Å². The zero-order chi connectivity index (χ0) is 11.8. The average molecular weight is 243 g/mol. The fourth-order valence-corrected chi connectivity index (χ4v) is 1.82. The van der Waals surface area contributed by atoms with Gasteiger partial charge in [-0.3, -0.25) is 0 Å². The van der Waals surface area contributed by atoms with Gasteiger partial charge in [0.15, 0.2) is 11.5 Å². The normalized spacial score (nSPS) is 16.1. The molecule has 0 unspecified atom stereocenters. The minimum atomic E-state index is -3.78. The first-order valence-corrected chi connectivity index (χ1v) is 6.50. The van der Waals surface area contributed by atoms with Gasteiger partial charge in [0.1, 0.15) is 0 Å². The summed E-state index contributed by atoms with van der Waals surface area (Å²) in [5, 5.41) is 14.5. The third-order valence-electron chi connectivity index (χ3n) is 2.43. The van der Waals surface area contributed by atoms with Crippen LogP contribution in [0, 0.1) is 5.92 Å². The van der Waals surface area contributed by atoms with Crippen molar-refractivity contribution in [2.45, 2.75) is 17.7 Å². The van der Waals surface area contributed by atoms with Crippen LogP contribution in [0.5, 0.6) is 11.5 Å². The highest BCUT2D eigenvalue weighted by atomic mass is 32.2. The second kappa shape index (κ2) is 3.95. The fraction of sp³-hybridized carbons (Fsp3) is 0.400. The van der Waals surface area contributed by atoms with Crippen molar-refractivity contribution in [3.8, 4) is 11.5 Å². The van der Waals surface area contributed by atoms with Gasteiger partial charge in [0.2, 0.25) is 10.0 Å². The van der Waals surface area contributed by atoms with Gasteiger partial charge in [-0.05, 0) is 30.9 Å². The Hall–Kier alpha value is -1.27. The first-order valence-electron chi connectivity index (χ1n) is 4.95. The maximum absolute atomic E-state index is 11.0. The summed E-state index contributed by atoms with van der Waals surface area (Å²) in [4.78, 5) is -0.122. The van der Waals surface area contributed by atoms with Crippen LogP contribution >= 0.6 is 0 Å². The lowest BCUT2D eigenvalue weighted by molar-refractivity contribution is 0.284. The van der Waals surface area contributed by atoms with E-state index in [-0.39, 0.29) is 10.6 Å². The molecular weight excluding hydrogens is 230 g/mol. The number of rotatable bonds is 4. The second-order valence-electron chi connectivity index (χ2n) is 3.93. The largest absolute Gasteiger partial charge is 0.504 e. The third-order valence-corrected chi connectivity index (χ3v) is 3.34. The van der Waals surface area contributed by atoms with E-state index in [2.05, 4.69) is 0 Å². The van der Waals surface area contributed by atoms with Gasteiger partial charge in [-0.25, -0.2) is 13.6 Å². The molecule has 0 spiro atoms. The molecule has 0 bridgehead atoms. The van der Waals surface area contributed by atoms with Crippen LogP contribution in [0.2, 0.25) is 0 Å². The Morgan fingerprint density at radius 2 is 2.12 bits per heavy atom. The molecule has 88 valence electrons. The van der Waals surface area contributed by atoms with Crippen LogP contribution < -0.4 is 9.88 Å². The van der Waals surface area contributed by atoms with Crippen molar-refractivity contribution in [3.63, 3.8) is 0 Å². The number of benzene rings is 1. The Morgan fingerprint density at radius 3 is 2.62 bits per heavy atom. The molecule has 1 aromatic carbocycles. The predicted molar refractivity (Wildman–Crippen MR) is 57.7 cm³/mol. The highest BCUT2D eigenvalue weighted by Crippen LogP contribution is 2.33. The summed E-state index contributed by atoms with van der Waals surface area (Å²) in [5.41, 5.74) is 0. The molecule has 5 nitrogen and oxygen atoms in total. The molecule has 0 aliphatic heterocycles. The van der Waals surface area contributed by atoms with Gasteiger partial charge in [0.05, 0.1) is 11.5 Å². The van der Waals surface area contributed by atoms with Crippen LogP contribution in [0.25, 0.3) is 0 Å². The van der Waals surface area contributed by atoms with Crippen LogP contribution in [-0.4, -0.2) is 20.1 Å². The summed E-state index contributed by atoms with van der Waals surface area (Å²) in [7, 11) is -3.78. The molecule has 2 rings (SSSR count). The van der Waals surface area contributed by atoms with Crippen molar-refractivity contribution >= 4 is 10.0 Å². The van der Waals surface area contributed by atoms with E-state index < -0.39 is 10.0 Å². The van der Waals surface area contributed by atoms with E-state index in [4.69, 9.17) is 9.88 Å². The molecule has 6 heteroatoms. The van der Waals surface area contributed by atoms with Crippen LogP contribution in [-0.2, 0) is 10.0 Å². The molecule has 0 heterocycles. The first kappa shape index (κ1) is 11.2. The fourth-order valence-electron chi connectivity index (χ4n) is 1.29. The maximum atomic E-state index is 11.0. The molecule has 1 fully saturated rings. The molecule has 0 atom stereocenters. The molecule has 16 heavy (non-hydrogen) atoms. The Kier molecular flexibility index (Phi) is 2.77. The smallest absolute Gasteiger partial charge is 0.238 e. The molecule has 3 N–H and O–H groups in total. The topological polar surface area (TPSA) is 89.6 Å². The zero-order valence-corrected chi connectivity index (χ0v) is 9.40. The number of ether oxygens (including phenoxy) is 1. The average Bonchev–Trinajstić information content (AvgIpc) is 2.98. The van der Waals surface area contributed by atoms with Crippen molar-refractivity contribution in [1.82, 2.24) is 0 Å². The minimum absolute atomic E-state index is 0.122. The Balaban J connectivity index is 2.15. The number of phenols is 1. The molecular formula is C10H13NO4S. The first-order chi connectivity index (χ1) is 7.47. The number of hydrogen-bond acceptors (Lipinski definition) is 4. The summed E-state index contributed by atoms with van der Waals surface area (Å²) in [5.74, 6) is 0.656. The van der Waals surface area contributed by atoms with Gasteiger partial charge < -0.3 is 9.84 Å². The van der Waals surface area contributed by atoms with E-state index in [0.29, 0.717) is 18.3 Å². The van der Waals surface area contributed by atoms with E-state index in [1.165, 1.54) is 12.1 Å². The summed E-state index contributed by atoms with van der Waals surface area (Å²) in [6, 6.07) is 3.83. The number of sulfonamides is 1. The van der Waals surface area contributed by atoms with Crippen molar-refractivity contribution in [3.05, 3.63) is 18.2 Å². The van der Waals surface area contributed by atoms with E-state index >= 15 is 0 Å². The summed E-state index contributed by atoms with van der Waals surface area (Å²) < 4.78 is 27.3. The van der Waals surface area contributed by atoms with Crippen molar-refractivity contribution < 1.29 is 18.3 Å². The third kappa shape index (κ3) is 2.65. The van der Waals surface area contributed by atoms with Crippen molar-refractivity contribution in [2.75, 3.05) is 6.61 Å². The highest BCUT2D eigenvalue weighted by Gasteiger charge is 2.22. The summed E-state index contributed by atoms with van der Waals surface area (Å²) in [6.45, 7) is 0.558. The Labute approximate surface area is 93.9 Å². The molecule has 1 saturated carbocycles. The molecule has 1 aromatic rings. The quantitative estimate of drug-likeness (QED) is 0.819. The number of phenolic OH excluding ortho intramolecular Hbond substituents is 1. The predicted octanol–water partition coefficient (Wildman–Crippen LogP) is 0.828. The number of hydrogen-bond donors (Lipinski definition) is 2. The van der Waals surface area contributed by atoms with Crippen LogP contribution in [0.1, 0.15) is 12.8 Å². The van der Waals surface area contributed by atoms with Gasteiger partial charge >= 0.3 is 0 Å². The van der Waals surface area contributed by atoms with Gasteiger partial charge in [-0.15, -0.1) is 0 Å². The number of primary sulfonamides is 1. The molecule has 0 radical (unpaired) electrons. The number of nitrogens with two attached hydrogens (primary N) is 1. The number of aromatic hydroxyl groups is 1. The van der Waals surface area contributed by atoms with Crippen LogP contribution in [0.4, 0.5) is 0 Å². The highest BCUT2D eigenvalue weighted by molar-refractivity contribution is 7.89. The van der Waals surface area contributed by atoms with Crippen molar-refractivity contribution in [1.29, 1.82) is 0 Å². The minimum Gasteiger partial charge on any atom is -0.504 e. The SMILES string of the molecule is NS(=O)(=O)c1ccc(OCC2CC2)c(O)c1. The van der Waals surface area contributed by atoms with Crippen LogP contribution in [0.3, 0.4) is 0 Å². The lowest BCUT2D eigenvalue weighted by Crippen LogP contribution is -2.12. The molecule has 1 aliphatic carbocycles. The second-order valence-corrected chi connectivity index (χ2v) is 5.49. The molecule has 0 aromatic heterocycles. The summed E-state index contributed by atoms with van der Waals surface area (Å²) in [6.07, 6.45) is 2.30. The zero-order valence-electron chi connectivity index (χ0n) is 8.59. The monoisotopic (exact) mass is 243 g/mol. The van der Waals surface area contributed by atoms with E-state index in [1.807, 2.05) is 0 Å². The molecule has 0 saturated heterocycles. The van der Waals surface area contributed by atoms with E-state index in [1.54, 1.807) is 0 Å². The van der Waals surface area contributed by atoms with Crippen molar-refractivity contribution in [2.24, 2.45) is 11.1 Å². The maximum Gasteiger partial charge on any atom is 0.238 e. The van der Waals surface area contributed by atoms with Gasteiger partial charge in [0, 0.05) is 6.07 Å². The van der Waals surface area contributed by atoms with Crippen LogP contribution in [0.15, 0.2) is 23.1 Å². The molecule has 1 aliphatic rings. The Bertz CT molecular complexity index is 494. The Morgan fingerprint density at radius 1 is 1.44 bits per heavy atom. The van der Waals surface area contributed by atoms with Gasteiger partial charge in [-0.2, -0.15) is 0 Å². The lowest BCUT2D eigenvalue weighted by Gasteiger charge is -2.08. The van der Waals surface area contributed by atoms with Gasteiger partial charge in [-0.1, -0.05) is 0 Å². The molecule has 0 amide bonds. The van der Waals surface area contributed by atoms with E-state index in [9.17, 15) is 13.5 Å².